The minimum atomic E-state index is -3.12. The van der Waals surface area contributed by atoms with Crippen LogP contribution in [0.5, 0.6) is 0 Å². The van der Waals surface area contributed by atoms with Gasteiger partial charge in [-0.2, -0.15) is 4.31 Å². The summed E-state index contributed by atoms with van der Waals surface area (Å²) in [5.74, 6) is 2.01. The van der Waals surface area contributed by atoms with E-state index in [0.29, 0.717) is 55.5 Å². The first kappa shape index (κ1) is 39.7. The van der Waals surface area contributed by atoms with Crippen molar-refractivity contribution in [1.29, 1.82) is 0 Å². The molecule has 2 N–H and O–H groups in total. The fraction of sp³-hybridized carbons (Fsp3) is 0.841. The van der Waals surface area contributed by atoms with Gasteiger partial charge in [-0.05, 0) is 146 Å². The standard InChI is InChI=1S/C44H70FN3O4S/c1-30(2)32-13-20-44(46-23-24-47-25-27-48(28-26-47)53(8,51)52)22-21-41(6)34(37(32)44)9-10-36-40(5)16-14-33(39(3,4)35(40)15-17-42(36,41)7)31-11-18-43(29-45,19-12-31)38(49)50/h11,14,32,34-37,46H,1,9-10,12-13,15-29H2,2-8H3,(H,49,50)/t32-,34+,35?,36?,37?,40-,41+,42+,43-,44-/m0/s1. The SMILES string of the molecule is C=C(C)[C@@H]1CC[C@]2(NCCN3CCN(S(C)(=O)=O)CC3)CC[C@]3(C)[C@H](CCC4[C@@]5(C)CC=C(C6=CC[C@](CF)(C(=O)O)CC6)C(C)(C)C5CC[C@]43C)C12. The number of halogens is 1. The summed E-state index contributed by atoms with van der Waals surface area (Å²) in [6, 6.07) is 0. The number of hydrogen-bond acceptors (Lipinski definition) is 5. The lowest BCUT2D eigenvalue weighted by atomic mass is 9.33. The lowest BCUT2D eigenvalue weighted by Gasteiger charge is -2.72. The van der Waals surface area contributed by atoms with E-state index in [2.05, 4.69) is 70.5 Å². The average Bonchev–Trinajstić information content (AvgIpc) is 3.48. The number of alkyl halides is 1. The van der Waals surface area contributed by atoms with E-state index in [1.54, 1.807) is 4.31 Å². The third kappa shape index (κ3) is 6.09. The minimum absolute atomic E-state index is 0.0174. The first-order chi connectivity index (χ1) is 24.8. The highest BCUT2D eigenvalue weighted by Gasteiger charge is 2.70. The molecule has 4 saturated carbocycles. The van der Waals surface area contributed by atoms with Crippen molar-refractivity contribution in [3.63, 3.8) is 0 Å². The Labute approximate surface area is 320 Å². The van der Waals surface area contributed by atoms with E-state index < -0.39 is 28.1 Å². The second-order valence-corrected chi connectivity index (χ2v) is 22.5. The van der Waals surface area contributed by atoms with Crippen LogP contribution in [0.15, 0.2) is 35.5 Å². The largest absolute Gasteiger partial charge is 0.481 e. The summed E-state index contributed by atoms with van der Waals surface area (Å²) >= 11 is 0. The lowest BCUT2D eigenvalue weighted by molar-refractivity contribution is -0.221. The molecule has 7 nitrogen and oxygen atoms in total. The number of nitrogens with zero attached hydrogens (tertiary/aromatic N) is 2. The lowest BCUT2D eigenvalue weighted by Crippen LogP contribution is -2.68. The minimum Gasteiger partial charge on any atom is -0.481 e. The van der Waals surface area contributed by atoms with Gasteiger partial charge in [0.05, 0.1) is 11.7 Å². The topological polar surface area (TPSA) is 90.0 Å². The summed E-state index contributed by atoms with van der Waals surface area (Å²) in [6.07, 6.45) is 18.3. The van der Waals surface area contributed by atoms with Crippen LogP contribution in [-0.4, -0.2) is 86.4 Å². The van der Waals surface area contributed by atoms with E-state index in [4.69, 9.17) is 0 Å². The van der Waals surface area contributed by atoms with Gasteiger partial charge >= 0.3 is 5.97 Å². The number of hydrogen-bond donors (Lipinski definition) is 2. The molecule has 0 radical (unpaired) electrons. The first-order valence-corrected chi connectivity index (χ1v) is 22.9. The molecule has 6 aliphatic carbocycles. The number of carbonyl (C=O) groups is 1. The molecule has 10 atom stereocenters. The van der Waals surface area contributed by atoms with Gasteiger partial charge in [-0.15, -0.1) is 0 Å². The molecule has 0 bridgehead atoms. The summed E-state index contributed by atoms with van der Waals surface area (Å²) in [5.41, 5.74) is 3.61. The molecule has 9 heteroatoms. The number of aliphatic carboxylic acids is 1. The van der Waals surface area contributed by atoms with Gasteiger partial charge in [0.25, 0.3) is 0 Å². The van der Waals surface area contributed by atoms with Crippen LogP contribution in [-0.2, 0) is 14.8 Å². The van der Waals surface area contributed by atoms with E-state index in [0.717, 1.165) is 32.6 Å². The van der Waals surface area contributed by atoms with Crippen LogP contribution >= 0.6 is 0 Å². The fourth-order valence-electron chi connectivity index (χ4n) is 14.9. The van der Waals surface area contributed by atoms with Gasteiger partial charge in [-0.1, -0.05) is 58.9 Å². The second-order valence-electron chi connectivity index (χ2n) is 20.5. The Balaban J connectivity index is 1.11. The Kier molecular flexibility index (Phi) is 10.1. The van der Waals surface area contributed by atoms with Crippen LogP contribution in [0, 0.1) is 56.7 Å². The summed E-state index contributed by atoms with van der Waals surface area (Å²) in [6.45, 7) is 23.7. The maximum atomic E-state index is 14.0. The Bertz CT molecular complexity index is 1650. The number of carboxylic acid groups (broad SMARTS) is 1. The summed E-state index contributed by atoms with van der Waals surface area (Å²) in [4.78, 5) is 14.4. The zero-order valence-corrected chi connectivity index (χ0v) is 34.9. The highest BCUT2D eigenvalue weighted by Crippen LogP contribution is 2.76. The number of piperazine rings is 1. The highest BCUT2D eigenvalue weighted by molar-refractivity contribution is 7.88. The Morgan fingerprint density at radius 2 is 1.64 bits per heavy atom. The number of allylic oxidation sites excluding steroid dienone is 5. The molecule has 7 aliphatic rings. The number of nitrogens with one attached hydrogen (secondary N) is 1. The third-order valence-corrected chi connectivity index (χ3v) is 19.3. The van der Waals surface area contributed by atoms with Gasteiger partial charge in [-0.3, -0.25) is 9.69 Å². The molecule has 3 unspecified atom stereocenters. The number of rotatable bonds is 9. The van der Waals surface area contributed by atoms with Gasteiger partial charge in [0, 0.05) is 44.8 Å². The van der Waals surface area contributed by atoms with Crippen LogP contribution in [0.1, 0.15) is 119 Å². The van der Waals surface area contributed by atoms with Crippen LogP contribution in [0.2, 0.25) is 0 Å². The summed E-state index contributed by atoms with van der Waals surface area (Å²) < 4.78 is 39.7. The molecule has 1 heterocycles. The van der Waals surface area contributed by atoms with E-state index >= 15 is 0 Å². The van der Waals surface area contributed by atoms with Gasteiger partial charge < -0.3 is 10.4 Å². The Hall–Kier alpha value is -1.55. The van der Waals surface area contributed by atoms with E-state index in [1.165, 1.54) is 74.3 Å². The maximum Gasteiger partial charge on any atom is 0.312 e. The smallest absolute Gasteiger partial charge is 0.312 e. The van der Waals surface area contributed by atoms with Gasteiger partial charge in [0.15, 0.2) is 0 Å². The zero-order valence-electron chi connectivity index (χ0n) is 34.0. The molecular formula is C44H70FN3O4S. The molecule has 1 saturated heterocycles. The first-order valence-electron chi connectivity index (χ1n) is 21.1. The Morgan fingerprint density at radius 3 is 2.25 bits per heavy atom. The molecule has 0 aromatic rings. The molecule has 0 aromatic carbocycles. The van der Waals surface area contributed by atoms with Gasteiger partial charge in [-0.25, -0.2) is 12.8 Å². The molecule has 298 valence electrons. The number of carboxylic acids is 1. The van der Waals surface area contributed by atoms with Crippen LogP contribution in [0.4, 0.5) is 4.39 Å². The molecule has 5 fully saturated rings. The fourth-order valence-corrected chi connectivity index (χ4v) is 15.7. The summed E-state index contributed by atoms with van der Waals surface area (Å²) in [5, 5.41) is 14.1. The molecule has 53 heavy (non-hydrogen) atoms. The third-order valence-electron chi connectivity index (χ3n) is 18.0. The molecule has 0 aromatic heterocycles. The van der Waals surface area contributed by atoms with Crippen LogP contribution in [0.3, 0.4) is 0 Å². The predicted molar refractivity (Wildman–Crippen MR) is 212 cm³/mol. The predicted octanol–water partition coefficient (Wildman–Crippen LogP) is 8.25. The van der Waals surface area contributed by atoms with Crippen molar-refractivity contribution >= 4 is 16.0 Å². The number of sulfonamides is 1. The van der Waals surface area contributed by atoms with Crippen molar-refractivity contribution in [2.75, 3.05) is 52.2 Å². The quantitative estimate of drug-likeness (QED) is 0.231. The van der Waals surface area contributed by atoms with E-state index in [1.807, 2.05) is 0 Å². The maximum absolute atomic E-state index is 14.0. The van der Waals surface area contributed by atoms with Crippen molar-refractivity contribution in [3.05, 3.63) is 35.5 Å². The van der Waals surface area contributed by atoms with Gasteiger partial charge in [0.2, 0.25) is 10.0 Å². The number of fused-ring (bicyclic) bond motifs is 7. The monoisotopic (exact) mass is 756 g/mol. The van der Waals surface area contributed by atoms with E-state index in [9.17, 15) is 22.7 Å². The van der Waals surface area contributed by atoms with Crippen molar-refractivity contribution < 1.29 is 22.7 Å². The molecule has 0 amide bonds. The molecular weight excluding hydrogens is 686 g/mol. The van der Waals surface area contributed by atoms with Crippen LogP contribution < -0.4 is 5.32 Å². The normalized spacial score (nSPS) is 44.5. The van der Waals surface area contributed by atoms with Crippen molar-refractivity contribution in [3.8, 4) is 0 Å². The molecule has 0 spiro atoms. The van der Waals surface area contributed by atoms with Crippen molar-refractivity contribution in [2.24, 2.45) is 56.7 Å². The van der Waals surface area contributed by atoms with Crippen molar-refractivity contribution in [1.82, 2.24) is 14.5 Å². The summed E-state index contributed by atoms with van der Waals surface area (Å²) in [7, 11) is -3.12. The highest BCUT2D eigenvalue weighted by atomic mass is 32.2. The van der Waals surface area contributed by atoms with Crippen molar-refractivity contribution in [2.45, 2.75) is 124 Å². The van der Waals surface area contributed by atoms with Gasteiger partial charge in [0.1, 0.15) is 6.67 Å². The average molecular weight is 756 g/mol. The molecule has 7 rings (SSSR count). The Morgan fingerprint density at radius 1 is 0.925 bits per heavy atom. The zero-order chi connectivity index (χ0) is 38.4. The van der Waals surface area contributed by atoms with E-state index in [-0.39, 0.29) is 33.6 Å². The second kappa shape index (κ2) is 13.5. The van der Waals surface area contributed by atoms with Crippen LogP contribution in [0.25, 0.3) is 0 Å². The molecule has 1 aliphatic heterocycles.